The van der Waals surface area contributed by atoms with Gasteiger partial charge >= 0.3 is 5.97 Å². The average Bonchev–Trinajstić information content (AvgIpc) is 2.39. The van der Waals surface area contributed by atoms with Gasteiger partial charge in [-0.2, -0.15) is 0 Å². The summed E-state index contributed by atoms with van der Waals surface area (Å²) >= 11 is 0. The van der Waals surface area contributed by atoms with Crippen molar-refractivity contribution in [3.05, 3.63) is 29.6 Å². The highest BCUT2D eigenvalue weighted by Crippen LogP contribution is 2.17. The summed E-state index contributed by atoms with van der Waals surface area (Å²) in [6.45, 7) is 2.75. The van der Waals surface area contributed by atoms with Crippen molar-refractivity contribution >= 4 is 23.5 Å². The maximum absolute atomic E-state index is 13.5. The van der Waals surface area contributed by atoms with Crippen LogP contribution in [0.1, 0.15) is 24.2 Å². The van der Waals surface area contributed by atoms with E-state index < -0.39 is 29.5 Å². The van der Waals surface area contributed by atoms with Crippen LogP contribution < -0.4 is 5.32 Å². The number of carboxylic acids is 1. The van der Waals surface area contributed by atoms with Gasteiger partial charge in [-0.05, 0) is 18.2 Å². The molecule has 21 heavy (non-hydrogen) atoms. The fourth-order valence-corrected chi connectivity index (χ4v) is 1.74. The lowest BCUT2D eigenvalue weighted by molar-refractivity contribution is -0.141. The maximum Gasteiger partial charge on any atom is 0.308 e. The van der Waals surface area contributed by atoms with Crippen LogP contribution in [0.25, 0.3) is 0 Å². The van der Waals surface area contributed by atoms with Gasteiger partial charge in [-0.3, -0.25) is 14.4 Å². The minimum absolute atomic E-state index is 0.0288. The van der Waals surface area contributed by atoms with Gasteiger partial charge in [0, 0.05) is 26.1 Å². The summed E-state index contributed by atoms with van der Waals surface area (Å²) in [7, 11) is 1.46. The fraction of sp³-hybridized carbons (Fsp3) is 0.357. The van der Waals surface area contributed by atoms with Crippen LogP contribution in [-0.2, 0) is 9.59 Å². The topological polar surface area (TPSA) is 86.7 Å². The Bertz CT molecular complexity index is 574. The number of rotatable bonds is 5. The molecule has 2 amide bonds. The van der Waals surface area contributed by atoms with Gasteiger partial charge in [-0.15, -0.1) is 0 Å². The van der Waals surface area contributed by atoms with Gasteiger partial charge in [0.15, 0.2) is 0 Å². The number of carbonyl (C=O) groups excluding carboxylic acids is 2. The van der Waals surface area contributed by atoms with Crippen LogP contribution in [0.15, 0.2) is 18.2 Å². The van der Waals surface area contributed by atoms with Crippen molar-refractivity contribution < 1.29 is 23.9 Å². The zero-order valence-electron chi connectivity index (χ0n) is 12.0. The van der Waals surface area contributed by atoms with E-state index in [0.29, 0.717) is 0 Å². The first kappa shape index (κ1) is 16.6. The second kappa shape index (κ2) is 6.83. The molecule has 0 aliphatic carbocycles. The van der Waals surface area contributed by atoms with E-state index in [1.807, 2.05) is 0 Å². The third-order valence-corrected chi connectivity index (χ3v) is 2.84. The van der Waals surface area contributed by atoms with Crippen molar-refractivity contribution in [2.45, 2.75) is 13.8 Å². The summed E-state index contributed by atoms with van der Waals surface area (Å²) in [5.41, 5.74) is 0.0771. The molecule has 1 aromatic carbocycles. The molecule has 1 rings (SSSR count). The molecular weight excluding hydrogens is 279 g/mol. The van der Waals surface area contributed by atoms with Crippen LogP contribution in [0, 0.1) is 11.7 Å². The Hall–Kier alpha value is -2.44. The van der Waals surface area contributed by atoms with Crippen molar-refractivity contribution in [3.8, 4) is 0 Å². The van der Waals surface area contributed by atoms with Crippen LogP contribution in [0.2, 0.25) is 0 Å². The van der Waals surface area contributed by atoms with E-state index >= 15 is 0 Å². The van der Waals surface area contributed by atoms with E-state index in [9.17, 15) is 18.8 Å². The smallest absolute Gasteiger partial charge is 0.308 e. The van der Waals surface area contributed by atoms with Crippen LogP contribution in [-0.4, -0.2) is 41.4 Å². The summed E-state index contributed by atoms with van der Waals surface area (Å²) in [5, 5.41) is 11.1. The number of nitrogens with one attached hydrogen (secondary N) is 1. The molecule has 0 aliphatic rings. The number of aliphatic carboxylic acids is 1. The predicted octanol–water partition coefficient (Wildman–Crippen LogP) is 1.58. The van der Waals surface area contributed by atoms with E-state index in [-0.39, 0.29) is 17.8 Å². The molecule has 0 bridgehead atoms. The van der Waals surface area contributed by atoms with Gasteiger partial charge < -0.3 is 15.3 Å². The Morgan fingerprint density at radius 2 is 2.00 bits per heavy atom. The molecule has 7 heteroatoms. The Labute approximate surface area is 121 Å². The minimum atomic E-state index is -1.01. The minimum Gasteiger partial charge on any atom is -0.481 e. The van der Waals surface area contributed by atoms with Crippen LogP contribution in [0.5, 0.6) is 0 Å². The lowest BCUT2D eigenvalue weighted by Gasteiger charge is -2.20. The van der Waals surface area contributed by atoms with E-state index in [0.717, 1.165) is 6.07 Å². The summed E-state index contributed by atoms with van der Waals surface area (Å²) < 4.78 is 13.5. The molecule has 0 aliphatic heterocycles. The summed E-state index contributed by atoms with van der Waals surface area (Å²) in [5.74, 6) is -3.27. The van der Waals surface area contributed by atoms with Gasteiger partial charge in [-0.1, -0.05) is 6.92 Å². The first-order valence-electron chi connectivity index (χ1n) is 6.27. The second-order valence-corrected chi connectivity index (χ2v) is 4.80. The van der Waals surface area contributed by atoms with Crippen molar-refractivity contribution in [1.29, 1.82) is 0 Å². The number of hydrogen-bond donors (Lipinski definition) is 2. The van der Waals surface area contributed by atoms with Crippen LogP contribution >= 0.6 is 0 Å². The van der Waals surface area contributed by atoms with Gasteiger partial charge in [0.25, 0.3) is 5.91 Å². The number of carbonyl (C=O) groups is 3. The first-order valence-corrected chi connectivity index (χ1v) is 6.27. The molecule has 6 nitrogen and oxygen atoms in total. The number of hydrogen-bond acceptors (Lipinski definition) is 3. The molecule has 2 N–H and O–H groups in total. The highest BCUT2D eigenvalue weighted by atomic mass is 19.1. The molecule has 0 aromatic heterocycles. The standard InChI is InChI=1S/C14H17FN2O4/c1-8(14(20)21)7-17(3)13(19)10-4-5-11(15)12(6-10)16-9(2)18/h4-6,8H,7H2,1-3H3,(H,16,18)(H,20,21). The number of benzene rings is 1. The van der Waals surface area contributed by atoms with E-state index in [2.05, 4.69) is 5.32 Å². The second-order valence-electron chi connectivity index (χ2n) is 4.80. The van der Waals surface area contributed by atoms with E-state index in [4.69, 9.17) is 5.11 Å². The quantitative estimate of drug-likeness (QED) is 0.863. The SMILES string of the molecule is CC(=O)Nc1cc(C(=O)N(C)CC(C)C(=O)O)ccc1F. The molecule has 0 radical (unpaired) electrons. The summed E-state index contributed by atoms with van der Waals surface area (Å²) in [4.78, 5) is 35.1. The van der Waals surface area contributed by atoms with Crippen molar-refractivity contribution in [1.82, 2.24) is 4.90 Å². The summed E-state index contributed by atoms with van der Waals surface area (Å²) in [6.07, 6.45) is 0. The molecule has 0 saturated carbocycles. The Morgan fingerprint density at radius 1 is 1.38 bits per heavy atom. The molecule has 0 saturated heterocycles. The normalized spacial score (nSPS) is 11.6. The Balaban J connectivity index is 2.92. The molecule has 1 unspecified atom stereocenters. The number of nitrogens with zero attached hydrogens (tertiary/aromatic N) is 1. The molecule has 1 aromatic rings. The number of carboxylic acid groups (broad SMARTS) is 1. The zero-order valence-corrected chi connectivity index (χ0v) is 12.0. The van der Waals surface area contributed by atoms with Gasteiger partial charge in [-0.25, -0.2) is 4.39 Å². The highest BCUT2D eigenvalue weighted by molar-refractivity contribution is 5.97. The predicted molar refractivity (Wildman–Crippen MR) is 74.5 cm³/mol. The first-order chi connectivity index (χ1) is 9.72. The molecule has 0 heterocycles. The average molecular weight is 296 g/mol. The number of halogens is 1. The van der Waals surface area contributed by atoms with E-state index in [1.54, 1.807) is 0 Å². The third kappa shape index (κ3) is 4.55. The van der Waals surface area contributed by atoms with Crippen molar-refractivity contribution in [2.75, 3.05) is 18.9 Å². The van der Waals surface area contributed by atoms with Crippen LogP contribution in [0.3, 0.4) is 0 Å². The Morgan fingerprint density at radius 3 is 2.52 bits per heavy atom. The third-order valence-electron chi connectivity index (χ3n) is 2.84. The lowest BCUT2D eigenvalue weighted by atomic mass is 10.1. The van der Waals surface area contributed by atoms with Crippen molar-refractivity contribution in [3.63, 3.8) is 0 Å². The molecule has 114 valence electrons. The number of amides is 2. The van der Waals surface area contributed by atoms with Gasteiger partial charge in [0.05, 0.1) is 11.6 Å². The Kier molecular flexibility index (Phi) is 5.40. The monoisotopic (exact) mass is 296 g/mol. The maximum atomic E-state index is 13.5. The largest absolute Gasteiger partial charge is 0.481 e. The molecule has 1 atom stereocenters. The molecular formula is C14H17FN2O4. The zero-order chi connectivity index (χ0) is 16.2. The lowest BCUT2D eigenvalue weighted by Crippen LogP contribution is -2.33. The van der Waals surface area contributed by atoms with Gasteiger partial charge in [0.1, 0.15) is 5.82 Å². The van der Waals surface area contributed by atoms with Gasteiger partial charge in [0.2, 0.25) is 5.91 Å². The van der Waals surface area contributed by atoms with Crippen LogP contribution in [0.4, 0.5) is 10.1 Å². The van der Waals surface area contributed by atoms with Crippen molar-refractivity contribution in [2.24, 2.45) is 5.92 Å². The molecule has 0 fully saturated rings. The van der Waals surface area contributed by atoms with E-state index in [1.165, 1.54) is 37.9 Å². The molecule has 0 spiro atoms. The number of anilines is 1. The fourth-order valence-electron chi connectivity index (χ4n) is 1.74. The summed E-state index contributed by atoms with van der Waals surface area (Å²) in [6, 6.07) is 3.58. The highest BCUT2D eigenvalue weighted by Gasteiger charge is 2.19.